The first-order valence-electron chi connectivity index (χ1n) is 7.81. The highest BCUT2D eigenvalue weighted by Crippen LogP contribution is 2.36. The largest absolute Gasteiger partial charge is 0.310 e. The third-order valence-electron chi connectivity index (χ3n) is 4.51. The van der Waals surface area contributed by atoms with Gasteiger partial charge in [-0.3, -0.25) is 0 Å². The van der Waals surface area contributed by atoms with Gasteiger partial charge in [-0.05, 0) is 54.0 Å². The summed E-state index contributed by atoms with van der Waals surface area (Å²) < 4.78 is 12.9. The zero-order valence-corrected chi connectivity index (χ0v) is 12.5. The molecule has 0 unspecified atom stereocenters. The first-order valence-corrected chi connectivity index (χ1v) is 7.81. The minimum absolute atomic E-state index is 0.150. The second-order valence-electron chi connectivity index (χ2n) is 5.97. The Balaban J connectivity index is 1.45. The molecule has 0 spiro atoms. The Morgan fingerprint density at radius 1 is 0.952 bits per heavy atom. The van der Waals surface area contributed by atoms with Crippen molar-refractivity contribution < 1.29 is 4.39 Å². The Bertz CT molecular complexity index is 568. The molecule has 0 saturated heterocycles. The van der Waals surface area contributed by atoms with Crippen molar-refractivity contribution in [1.29, 1.82) is 0 Å². The van der Waals surface area contributed by atoms with Crippen LogP contribution in [0, 0.1) is 5.82 Å². The molecule has 3 rings (SSSR count). The Morgan fingerprint density at radius 3 is 2.19 bits per heavy atom. The van der Waals surface area contributed by atoms with Crippen molar-refractivity contribution in [3.63, 3.8) is 0 Å². The minimum Gasteiger partial charge on any atom is -0.310 e. The van der Waals surface area contributed by atoms with E-state index in [1.807, 2.05) is 12.1 Å². The van der Waals surface area contributed by atoms with Gasteiger partial charge in [-0.2, -0.15) is 0 Å². The maximum Gasteiger partial charge on any atom is 0.123 e. The highest BCUT2D eigenvalue weighted by Gasteiger charge is 2.29. The predicted octanol–water partition coefficient (Wildman–Crippen LogP) is 4.42. The second-order valence-corrected chi connectivity index (χ2v) is 5.97. The van der Waals surface area contributed by atoms with Crippen LogP contribution < -0.4 is 5.32 Å². The quantitative estimate of drug-likeness (QED) is 0.856. The molecule has 1 fully saturated rings. The Hall–Kier alpha value is -1.67. The van der Waals surface area contributed by atoms with Gasteiger partial charge in [-0.25, -0.2) is 4.39 Å². The molecule has 1 nitrogen and oxygen atoms in total. The van der Waals surface area contributed by atoms with Crippen LogP contribution in [0.1, 0.15) is 42.4 Å². The monoisotopic (exact) mass is 283 g/mol. The van der Waals surface area contributed by atoms with E-state index in [0.717, 1.165) is 25.8 Å². The maximum atomic E-state index is 12.9. The maximum absolute atomic E-state index is 12.9. The topological polar surface area (TPSA) is 12.0 Å². The Kier molecular flexibility index (Phi) is 4.35. The van der Waals surface area contributed by atoms with Gasteiger partial charge in [0.2, 0.25) is 0 Å². The summed E-state index contributed by atoms with van der Waals surface area (Å²) in [5.74, 6) is 0.439. The van der Waals surface area contributed by atoms with Crippen molar-refractivity contribution in [1.82, 2.24) is 5.32 Å². The van der Waals surface area contributed by atoms with Gasteiger partial charge in [0.1, 0.15) is 5.82 Å². The SMILES string of the molecule is CCc1ccc(CNC2CC(c3ccc(F)cc3)C2)cc1. The molecule has 0 atom stereocenters. The van der Waals surface area contributed by atoms with E-state index in [1.54, 1.807) is 12.1 Å². The van der Waals surface area contributed by atoms with Gasteiger partial charge < -0.3 is 5.32 Å². The van der Waals surface area contributed by atoms with Crippen molar-refractivity contribution in [3.8, 4) is 0 Å². The fraction of sp³-hybridized carbons (Fsp3) is 0.368. The number of halogens is 1. The molecule has 0 heterocycles. The zero-order chi connectivity index (χ0) is 14.7. The summed E-state index contributed by atoms with van der Waals surface area (Å²) in [6.45, 7) is 3.11. The molecule has 2 aromatic carbocycles. The zero-order valence-electron chi connectivity index (χ0n) is 12.5. The molecule has 21 heavy (non-hydrogen) atoms. The molecular formula is C19H22FN. The molecule has 0 radical (unpaired) electrons. The fourth-order valence-corrected chi connectivity index (χ4v) is 2.95. The van der Waals surface area contributed by atoms with Crippen LogP contribution in [0.15, 0.2) is 48.5 Å². The minimum atomic E-state index is -0.150. The van der Waals surface area contributed by atoms with E-state index in [2.05, 4.69) is 36.5 Å². The van der Waals surface area contributed by atoms with Gasteiger partial charge >= 0.3 is 0 Å². The first kappa shape index (κ1) is 14.3. The first-order chi connectivity index (χ1) is 10.2. The Labute approximate surface area is 126 Å². The van der Waals surface area contributed by atoms with Crippen LogP contribution in [0.4, 0.5) is 4.39 Å². The number of benzene rings is 2. The molecule has 0 bridgehead atoms. The second kappa shape index (κ2) is 6.40. The summed E-state index contributed by atoms with van der Waals surface area (Å²) in [5.41, 5.74) is 4.00. The van der Waals surface area contributed by atoms with Crippen LogP contribution in [-0.4, -0.2) is 6.04 Å². The average Bonchev–Trinajstić information content (AvgIpc) is 2.48. The molecule has 1 aliphatic carbocycles. The highest BCUT2D eigenvalue weighted by atomic mass is 19.1. The molecule has 2 aromatic rings. The third-order valence-corrected chi connectivity index (χ3v) is 4.51. The van der Waals surface area contributed by atoms with E-state index >= 15 is 0 Å². The van der Waals surface area contributed by atoms with Crippen molar-refractivity contribution in [2.24, 2.45) is 0 Å². The lowest BCUT2D eigenvalue weighted by Gasteiger charge is -2.36. The number of rotatable bonds is 5. The van der Waals surface area contributed by atoms with Crippen LogP contribution >= 0.6 is 0 Å². The number of hydrogen-bond acceptors (Lipinski definition) is 1. The Morgan fingerprint density at radius 2 is 1.57 bits per heavy atom. The molecule has 1 saturated carbocycles. The molecule has 0 aromatic heterocycles. The fourth-order valence-electron chi connectivity index (χ4n) is 2.95. The van der Waals surface area contributed by atoms with Crippen LogP contribution in [-0.2, 0) is 13.0 Å². The molecule has 1 aliphatic rings. The van der Waals surface area contributed by atoms with E-state index in [0.29, 0.717) is 12.0 Å². The predicted molar refractivity (Wildman–Crippen MR) is 84.8 cm³/mol. The third kappa shape index (κ3) is 3.51. The van der Waals surface area contributed by atoms with Crippen LogP contribution in [0.2, 0.25) is 0 Å². The van der Waals surface area contributed by atoms with E-state index in [-0.39, 0.29) is 5.82 Å². The van der Waals surface area contributed by atoms with Crippen LogP contribution in [0.25, 0.3) is 0 Å². The lowest BCUT2D eigenvalue weighted by molar-refractivity contribution is 0.289. The average molecular weight is 283 g/mol. The number of aryl methyl sites for hydroxylation is 1. The van der Waals surface area contributed by atoms with E-state index in [4.69, 9.17) is 0 Å². The van der Waals surface area contributed by atoms with Gasteiger partial charge in [0.15, 0.2) is 0 Å². The van der Waals surface area contributed by atoms with Gasteiger partial charge in [0, 0.05) is 12.6 Å². The van der Waals surface area contributed by atoms with Gasteiger partial charge in [0.25, 0.3) is 0 Å². The molecule has 1 N–H and O–H groups in total. The number of hydrogen-bond donors (Lipinski definition) is 1. The summed E-state index contributed by atoms with van der Waals surface area (Å²) in [6, 6.07) is 16.4. The summed E-state index contributed by atoms with van der Waals surface area (Å²) in [4.78, 5) is 0. The highest BCUT2D eigenvalue weighted by molar-refractivity contribution is 5.25. The smallest absolute Gasteiger partial charge is 0.123 e. The molecule has 0 amide bonds. The molecule has 110 valence electrons. The summed E-state index contributed by atoms with van der Waals surface area (Å²) in [5, 5.41) is 3.61. The summed E-state index contributed by atoms with van der Waals surface area (Å²) in [7, 11) is 0. The molecule has 2 heteroatoms. The van der Waals surface area contributed by atoms with Crippen LogP contribution in [0.5, 0.6) is 0 Å². The van der Waals surface area contributed by atoms with Gasteiger partial charge in [-0.15, -0.1) is 0 Å². The van der Waals surface area contributed by atoms with Crippen molar-refractivity contribution in [2.45, 2.75) is 44.7 Å². The van der Waals surface area contributed by atoms with Gasteiger partial charge in [-0.1, -0.05) is 43.3 Å². The van der Waals surface area contributed by atoms with Crippen LogP contribution in [0.3, 0.4) is 0 Å². The summed E-state index contributed by atoms with van der Waals surface area (Å²) in [6.07, 6.45) is 3.40. The lowest BCUT2D eigenvalue weighted by atomic mass is 9.76. The van der Waals surface area contributed by atoms with Gasteiger partial charge in [0.05, 0.1) is 0 Å². The van der Waals surface area contributed by atoms with Crippen molar-refractivity contribution >= 4 is 0 Å². The molecule has 0 aliphatic heterocycles. The van der Waals surface area contributed by atoms with E-state index < -0.39 is 0 Å². The van der Waals surface area contributed by atoms with E-state index in [1.165, 1.54) is 16.7 Å². The molecular weight excluding hydrogens is 261 g/mol. The van der Waals surface area contributed by atoms with Crippen molar-refractivity contribution in [3.05, 3.63) is 71.0 Å². The number of nitrogens with one attached hydrogen (secondary N) is 1. The lowest BCUT2D eigenvalue weighted by Crippen LogP contribution is -2.39. The van der Waals surface area contributed by atoms with Crippen molar-refractivity contribution in [2.75, 3.05) is 0 Å². The normalized spacial score (nSPS) is 21.0. The standard InChI is InChI=1S/C19H22FN/c1-2-14-3-5-15(6-4-14)13-21-19-11-17(12-19)16-7-9-18(20)10-8-16/h3-10,17,19,21H,2,11-13H2,1H3. The van der Waals surface area contributed by atoms with E-state index in [9.17, 15) is 4.39 Å². The summed E-state index contributed by atoms with van der Waals surface area (Å²) >= 11 is 0.